The fourth-order valence-electron chi connectivity index (χ4n) is 0.981. The van der Waals surface area contributed by atoms with E-state index in [0.717, 1.165) is 0 Å². The minimum atomic E-state index is -2.99. The van der Waals surface area contributed by atoms with Crippen molar-refractivity contribution in [3.05, 3.63) is 0 Å². The third-order valence-corrected chi connectivity index (χ3v) is 2.59. The van der Waals surface area contributed by atoms with E-state index in [-0.39, 0.29) is 18.3 Å². The number of nitrogens with two attached hydrogens (primary N) is 1. The monoisotopic (exact) mass is 252 g/mol. The van der Waals surface area contributed by atoms with Gasteiger partial charge in [0, 0.05) is 19.4 Å². The first kappa shape index (κ1) is 15.1. The van der Waals surface area contributed by atoms with Gasteiger partial charge in [-0.25, -0.2) is 14.3 Å². The summed E-state index contributed by atoms with van der Waals surface area (Å²) in [6.07, 6.45) is 1.17. The van der Waals surface area contributed by atoms with Gasteiger partial charge in [-0.1, -0.05) is 0 Å². The van der Waals surface area contributed by atoms with Crippen molar-refractivity contribution in [1.82, 2.24) is 10.7 Å². The van der Waals surface area contributed by atoms with Crippen LogP contribution in [0.15, 0.2) is 4.99 Å². The van der Waals surface area contributed by atoms with Gasteiger partial charge < -0.3 is 10.1 Å². The summed E-state index contributed by atoms with van der Waals surface area (Å²) in [5.74, 6) is 5.59. The number of nitrogens with one attached hydrogen (secondary N) is 2. The van der Waals surface area contributed by atoms with Crippen molar-refractivity contribution in [2.24, 2.45) is 10.8 Å². The summed E-state index contributed by atoms with van der Waals surface area (Å²) in [7, 11) is -1.40. The van der Waals surface area contributed by atoms with Crippen LogP contribution in [-0.4, -0.2) is 52.7 Å². The van der Waals surface area contributed by atoms with Crippen molar-refractivity contribution in [2.75, 3.05) is 32.3 Å². The van der Waals surface area contributed by atoms with Gasteiger partial charge in [0.1, 0.15) is 9.84 Å². The van der Waals surface area contributed by atoms with Crippen molar-refractivity contribution in [3.63, 3.8) is 0 Å². The zero-order valence-corrected chi connectivity index (χ0v) is 10.7. The van der Waals surface area contributed by atoms with Crippen LogP contribution in [0, 0.1) is 0 Å². The topological polar surface area (TPSA) is 106 Å². The molecule has 0 aliphatic rings. The van der Waals surface area contributed by atoms with E-state index in [0.29, 0.717) is 12.6 Å². The Hall–Kier alpha value is -0.860. The molecule has 96 valence electrons. The Morgan fingerprint density at radius 3 is 2.62 bits per heavy atom. The minimum Gasteiger partial charge on any atom is -0.383 e. The number of sulfone groups is 1. The maximum absolute atomic E-state index is 10.9. The molecule has 1 unspecified atom stereocenters. The van der Waals surface area contributed by atoms with Crippen LogP contribution in [0.5, 0.6) is 0 Å². The lowest BCUT2D eigenvalue weighted by Crippen LogP contribution is -2.47. The first-order valence-corrected chi connectivity index (χ1v) is 6.89. The number of hydrazine groups is 1. The SMILES string of the molecule is COCC(C)NC(=NCCS(C)(=O)=O)NN. The summed E-state index contributed by atoms with van der Waals surface area (Å²) < 4.78 is 26.7. The highest BCUT2D eigenvalue weighted by Crippen LogP contribution is 1.85. The molecule has 1 atom stereocenters. The maximum Gasteiger partial charge on any atom is 0.206 e. The maximum atomic E-state index is 10.9. The molecular formula is C8H20N4O3S. The molecular weight excluding hydrogens is 232 g/mol. The normalized spacial score (nSPS) is 14.6. The van der Waals surface area contributed by atoms with Crippen molar-refractivity contribution >= 4 is 15.8 Å². The second-order valence-corrected chi connectivity index (χ2v) is 5.77. The predicted octanol–water partition coefficient (Wildman–Crippen LogP) is -1.53. The fraction of sp³-hybridized carbons (Fsp3) is 0.875. The van der Waals surface area contributed by atoms with Crippen molar-refractivity contribution < 1.29 is 13.2 Å². The lowest BCUT2D eigenvalue weighted by atomic mass is 10.4. The number of methoxy groups -OCH3 is 1. The Bertz CT molecular complexity index is 315. The van der Waals surface area contributed by atoms with E-state index in [1.54, 1.807) is 7.11 Å². The molecule has 0 aromatic heterocycles. The number of nitrogens with zero attached hydrogens (tertiary/aromatic N) is 1. The zero-order valence-electron chi connectivity index (χ0n) is 9.86. The van der Waals surface area contributed by atoms with Crippen LogP contribution in [0.25, 0.3) is 0 Å². The molecule has 0 aromatic rings. The molecule has 0 rings (SSSR count). The molecule has 0 bridgehead atoms. The molecule has 16 heavy (non-hydrogen) atoms. The number of rotatable bonds is 6. The molecule has 0 fully saturated rings. The molecule has 0 spiro atoms. The quantitative estimate of drug-likeness (QED) is 0.229. The Labute approximate surface area is 96.3 Å². The molecule has 0 amide bonds. The second kappa shape index (κ2) is 7.42. The molecule has 0 heterocycles. The highest BCUT2D eigenvalue weighted by Gasteiger charge is 2.05. The molecule has 0 aromatic carbocycles. The summed E-state index contributed by atoms with van der Waals surface area (Å²) in [4.78, 5) is 3.98. The van der Waals surface area contributed by atoms with E-state index in [9.17, 15) is 8.42 Å². The number of aliphatic imine (C=N–C) groups is 1. The molecule has 0 radical (unpaired) electrons. The van der Waals surface area contributed by atoms with E-state index >= 15 is 0 Å². The molecule has 0 aliphatic carbocycles. The Morgan fingerprint density at radius 2 is 2.19 bits per heavy atom. The summed E-state index contributed by atoms with van der Waals surface area (Å²) in [6.45, 7) is 2.57. The van der Waals surface area contributed by atoms with Gasteiger partial charge in [0.25, 0.3) is 0 Å². The summed E-state index contributed by atoms with van der Waals surface area (Å²) in [6, 6.07) is 0.0398. The van der Waals surface area contributed by atoms with Gasteiger partial charge in [-0.3, -0.25) is 10.4 Å². The zero-order chi connectivity index (χ0) is 12.6. The Balaban J connectivity index is 4.12. The highest BCUT2D eigenvalue weighted by atomic mass is 32.2. The standard InChI is InChI=1S/C8H20N4O3S/c1-7(6-15-2)11-8(12-9)10-4-5-16(3,13)14/h7H,4-6,9H2,1-3H3,(H2,10,11,12). The number of guanidine groups is 1. The molecule has 0 saturated heterocycles. The number of ether oxygens (including phenoxy) is 1. The lowest BCUT2D eigenvalue weighted by Gasteiger charge is -2.15. The van der Waals surface area contributed by atoms with Crippen LogP contribution >= 0.6 is 0 Å². The predicted molar refractivity (Wildman–Crippen MR) is 63.8 cm³/mol. The number of hydrogen-bond donors (Lipinski definition) is 3. The van der Waals surface area contributed by atoms with Crippen LogP contribution < -0.4 is 16.6 Å². The average molecular weight is 252 g/mol. The largest absolute Gasteiger partial charge is 0.383 e. The van der Waals surface area contributed by atoms with Gasteiger partial charge in [0.15, 0.2) is 0 Å². The van der Waals surface area contributed by atoms with Crippen LogP contribution in [0.1, 0.15) is 6.92 Å². The summed E-state index contributed by atoms with van der Waals surface area (Å²) in [5, 5.41) is 2.95. The third kappa shape index (κ3) is 8.45. The van der Waals surface area contributed by atoms with Crippen LogP contribution in [0.2, 0.25) is 0 Å². The average Bonchev–Trinajstić information content (AvgIpc) is 2.14. The van der Waals surface area contributed by atoms with Crippen molar-refractivity contribution in [2.45, 2.75) is 13.0 Å². The van der Waals surface area contributed by atoms with E-state index in [4.69, 9.17) is 10.6 Å². The van der Waals surface area contributed by atoms with Crippen LogP contribution in [-0.2, 0) is 14.6 Å². The lowest BCUT2D eigenvalue weighted by molar-refractivity contribution is 0.179. The Kier molecular flexibility index (Phi) is 7.02. The number of hydrogen-bond acceptors (Lipinski definition) is 5. The van der Waals surface area contributed by atoms with Crippen molar-refractivity contribution in [3.8, 4) is 0 Å². The molecule has 4 N–H and O–H groups in total. The van der Waals surface area contributed by atoms with E-state index < -0.39 is 9.84 Å². The first-order chi connectivity index (χ1) is 7.39. The second-order valence-electron chi connectivity index (χ2n) is 3.51. The van der Waals surface area contributed by atoms with Gasteiger partial charge >= 0.3 is 0 Å². The Morgan fingerprint density at radius 1 is 1.56 bits per heavy atom. The van der Waals surface area contributed by atoms with Gasteiger partial charge in [-0.15, -0.1) is 0 Å². The van der Waals surface area contributed by atoms with Crippen LogP contribution in [0.4, 0.5) is 0 Å². The molecule has 8 heteroatoms. The fourth-order valence-corrected chi connectivity index (χ4v) is 1.40. The van der Waals surface area contributed by atoms with Gasteiger partial charge in [-0.05, 0) is 6.92 Å². The minimum absolute atomic E-state index is 0.00147. The van der Waals surface area contributed by atoms with Gasteiger partial charge in [0.05, 0.1) is 18.9 Å². The molecule has 0 saturated carbocycles. The van der Waals surface area contributed by atoms with E-state index in [1.807, 2.05) is 6.92 Å². The third-order valence-electron chi connectivity index (χ3n) is 1.67. The van der Waals surface area contributed by atoms with Gasteiger partial charge in [0.2, 0.25) is 5.96 Å². The van der Waals surface area contributed by atoms with Gasteiger partial charge in [-0.2, -0.15) is 0 Å². The van der Waals surface area contributed by atoms with Crippen LogP contribution in [0.3, 0.4) is 0 Å². The molecule has 0 aliphatic heterocycles. The highest BCUT2D eigenvalue weighted by molar-refractivity contribution is 7.90. The first-order valence-electron chi connectivity index (χ1n) is 4.83. The summed E-state index contributed by atoms with van der Waals surface area (Å²) in [5.41, 5.74) is 2.37. The van der Waals surface area contributed by atoms with Crippen molar-refractivity contribution in [1.29, 1.82) is 0 Å². The van der Waals surface area contributed by atoms with E-state index in [2.05, 4.69) is 15.7 Å². The molecule has 7 nitrogen and oxygen atoms in total. The smallest absolute Gasteiger partial charge is 0.206 e. The summed E-state index contributed by atoms with van der Waals surface area (Å²) >= 11 is 0. The van der Waals surface area contributed by atoms with E-state index in [1.165, 1.54) is 6.26 Å².